The van der Waals surface area contributed by atoms with E-state index in [9.17, 15) is 0 Å². The van der Waals surface area contributed by atoms with E-state index in [2.05, 4.69) is 225 Å². The largest absolute Gasteiger partial charge is 0.458 e. The second-order valence-corrected chi connectivity index (χ2v) is 16.7. The zero-order chi connectivity index (χ0) is 42.5. The molecular weight excluding hydrogens is 783 g/mol. The Labute approximate surface area is 371 Å². The van der Waals surface area contributed by atoms with Gasteiger partial charge in [0.25, 0.3) is 6.33 Å². The van der Waals surface area contributed by atoms with Crippen LogP contribution in [0.1, 0.15) is 11.1 Å². The number of pyridine rings is 1. The second-order valence-electron chi connectivity index (χ2n) is 16.7. The minimum absolute atomic E-state index is 0.128. The van der Waals surface area contributed by atoms with Gasteiger partial charge in [-0.25, -0.2) is 4.98 Å². The van der Waals surface area contributed by atoms with E-state index in [1.54, 1.807) is 0 Å². The summed E-state index contributed by atoms with van der Waals surface area (Å²) in [6.45, 7) is 4.28. The van der Waals surface area contributed by atoms with Crippen LogP contribution in [0.2, 0.25) is 0 Å². The third-order valence-electron chi connectivity index (χ3n) is 13.0. The third-order valence-corrected chi connectivity index (χ3v) is 13.0. The summed E-state index contributed by atoms with van der Waals surface area (Å²) in [5.74, 6) is 2.40. The lowest BCUT2D eigenvalue weighted by Crippen LogP contribution is -2.56. The Bertz CT molecular complexity index is 3610. The molecule has 8 heteroatoms. The SMILES string of the molecule is Cc1cccc(C)c1N1B2c3ccccc3-c3cccnc3N2c2cc(Oc3cccc(-n4[c-][n+](-c5ccccc5-n5c6ccccc6c6ccccc65)c5ccccc54)c3)ccc21. The highest BCUT2D eigenvalue weighted by molar-refractivity contribution is 6.86. The standard InChI is InChI=1S/C56H39BN6O/c1-37-16-13-17-38(2)55(37)62-53-32-31-41(35-54(53)63-56-45(23-15-33-58-56)42-20-3-6-24-46(42)57(62)63)64-40-19-14-18-39(34-40)59-36-60(50-28-10-9-27-49(50)59)51-29-11-12-30-52(51)61-47-25-7-4-21-43(47)44-22-5-8-26-48(44)61/h3-35H,1-2H3. The molecule has 3 aromatic heterocycles. The molecule has 64 heavy (non-hydrogen) atoms. The molecule has 11 aromatic rings. The number of para-hydroxylation sites is 7. The number of aromatic nitrogens is 4. The van der Waals surface area contributed by atoms with E-state index in [0.29, 0.717) is 0 Å². The number of ether oxygens (including phenoxy) is 1. The second kappa shape index (κ2) is 14.1. The van der Waals surface area contributed by atoms with Gasteiger partial charge in [0, 0.05) is 34.3 Å². The molecule has 8 aromatic carbocycles. The van der Waals surface area contributed by atoms with Gasteiger partial charge in [0.05, 0.1) is 50.5 Å². The fourth-order valence-electron chi connectivity index (χ4n) is 10.3. The number of anilines is 4. The van der Waals surface area contributed by atoms with Gasteiger partial charge in [-0.3, -0.25) is 9.13 Å². The molecule has 0 aliphatic carbocycles. The lowest BCUT2D eigenvalue weighted by Gasteiger charge is -2.36. The number of benzene rings is 8. The van der Waals surface area contributed by atoms with E-state index in [1.165, 1.54) is 38.6 Å². The molecule has 5 heterocycles. The van der Waals surface area contributed by atoms with Gasteiger partial charge in [0.15, 0.2) is 0 Å². The monoisotopic (exact) mass is 822 g/mol. The van der Waals surface area contributed by atoms with Gasteiger partial charge < -0.3 is 18.9 Å². The van der Waals surface area contributed by atoms with Gasteiger partial charge in [-0.1, -0.05) is 121 Å². The molecule has 0 bridgehead atoms. The van der Waals surface area contributed by atoms with Crippen molar-refractivity contribution in [1.82, 2.24) is 14.1 Å². The smallest absolute Gasteiger partial charge is 0.422 e. The topological polar surface area (TPSA) is 42.3 Å². The summed E-state index contributed by atoms with van der Waals surface area (Å²) in [4.78, 5) is 9.91. The van der Waals surface area contributed by atoms with Crippen molar-refractivity contribution in [1.29, 1.82) is 0 Å². The molecule has 2 aliphatic heterocycles. The number of hydrogen-bond acceptors (Lipinski definition) is 4. The average Bonchev–Trinajstić information content (AvgIpc) is 4.00. The zero-order valence-corrected chi connectivity index (χ0v) is 35.2. The lowest BCUT2D eigenvalue weighted by molar-refractivity contribution is -0.572. The van der Waals surface area contributed by atoms with E-state index in [-0.39, 0.29) is 6.98 Å². The first-order chi connectivity index (χ1) is 31.6. The highest BCUT2D eigenvalue weighted by atomic mass is 16.5. The molecule has 0 N–H and O–H groups in total. The fourth-order valence-corrected chi connectivity index (χ4v) is 10.3. The Hall–Kier alpha value is -8.36. The number of fused-ring (bicyclic) bond motifs is 12. The summed E-state index contributed by atoms with van der Waals surface area (Å²) in [6, 6.07) is 68.6. The van der Waals surface area contributed by atoms with Crippen molar-refractivity contribution >= 4 is 68.2 Å². The van der Waals surface area contributed by atoms with E-state index < -0.39 is 0 Å². The average molecular weight is 823 g/mol. The summed E-state index contributed by atoms with van der Waals surface area (Å²) in [5, 5.41) is 2.46. The van der Waals surface area contributed by atoms with Crippen molar-refractivity contribution in [3.63, 3.8) is 0 Å². The first-order valence-electron chi connectivity index (χ1n) is 21.7. The quantitative estimate of drug-likeness (QED) is 0.0952. The fraction of sp³-hybridized carbons (Fsp3) is 0.0357. The van der Waals surface area contributed by atoms with Crippen LogP contribution in [0.25, 0.3) is 61.0 Å². The van der Waals surface area contributed by atoms with Crippen molar-refractivity contribution in [2.24, 2.45) is 0 Å². The highest BCUT2D eigenvalue weighted by Crippen LogP contribution is 2.52. The summed E-state index contributed by atoms with van der Waals surface area (Å²) >= 11 is 0. The van der Waals surface area contributed by atoms with Gasteiger partial charge in [0.1, 0.15) is 17.3 Å². The molecule has 0 saturated heterocycles. The summed E-state index contributed by atoms with van der Waals surface area (Å²) in [7, 11) is 0. The lowest BCUT2D eigenvalue weighted by atomic mass is 9.59. The zero-order valence-electron chi connectivity index (χ0n) is 35.2. The molecule has 0 spiro atoms. The maximum absolute atomic E-state index is 6.84. The van der Waals surface area contributed by atoms with E-state index >= 15 is 0 Å². The first kappa shape index (κ1) is 36.3. The Morgan fingerprint density at radius 3 is 2.03 bits per heavy atom. The van der Waals surface area contributed by atoms with Crippen LogP contribution in [0.4, 0.5) is 22.9 Å². The van der Waals surface area contributed by atoms with Gasteiger partial charge in [-0.05, 0) is 103 Å². The Balaban J connectivity index is 0.913. The maximum atomic E-state index is 6.84. The summed E-state index contributed by atoms with van der Waals surface area (Å²) in [5.41, 5.74) is 16.8. The molecule has 0 amide bonds. The van der Waals surface area contributed by atoms with Crippen LogP contribution in [-0.2, 0) is 0 Å². The van der Waals surface area contributed by atoms with E-state index in [0.717, 1.165) is 73.4 Å². The third kappa shape index (κ3) is 5.35. The van der Waals surface area contributed by atoms with Gasteiger partial charge in [0.2, 0.25) is 0 Å². The van der Waals surface area contributed by atoms with Crippen molar-refractivity contribution in [2.75, 3.05) is 9.62 Å². The minimum atomic E-state index is -0.128. The van der Waals surface area contributed by atoms with Crippen LogP contribution in [0.15, 0.2) is 200 Å². The molecule has 0 unspecified atom stereocenters. The van der Waals surface area contributed by atoms with Crippen LogP contribution in [0.3, 0.4) is 0 Å². The van der Waals surface area contributed by atoms with Crippen molar-refractivity contribution < 1.29 is 9.30 Å². The molecule has 13 rings (SSSR count). The number of imidazole rings is 1. The molecule has 7 nitrogen and oxygen atoms in total. The number of nitrogens with zero attached hydrogens (tertiary/aromatic N) is 6. The molecule has 0 atom stereocenters. The van der Waals surface area contributed by atoms with Crippen LogP contribution < -0.4 is 24.4 Å². The van der Waals surface area contributed by atoms with Crippen molar-refractivity contribution in [3.05, 3.63) is 218 Å². The predicted octanol–water partition coefficient (Wildman–Crippen LogP) is 12.3. The molecule has 0 saturated carbocycles. The maximum Gasteiger partial charge on any atom is 0.422 e. The van der Waals surface area contributed by atoms with Crippen molar-refractivity contribution in [3.8, 4) is 39.7 Å². The summed E-state index contributed by atoms with van der Waals surface area (Å²) in [6.07, 6.45) is 5.66. The van der Waals surface area contributed by atoms with E-state index in [1.807, 2.05) is 18.3 Å². The molecule has 0 radical (unpaired) electrons. The van der Waals surface area contributed by atoms with E-state index in [4.69, 9.17) is 9.72 Å². The molecular formula is C56H39BN6O. The van der Waals surface area contributed by atoms with Gasteiger partial charge in [-0.2, -0.15) is 0 Å². The first-order valence-corrected chi connectivity index (χ1v) is 21.7. The predicted molar refractivity (Wildman–Crippen MR) is 260 cm³/mol. The number of aryl methyl sites for hydroxylation is 2. The number of hydrogen-bond donors (Lipinski definition) is 0. The van der Waals surface area contributed by atoms with Crippen molar-refractivity contribution in [2.45, 2.75) is 13.8 Å². The van der Waals surface area contributed by atoms with Gasteiger partial charge in [-0.15, -0.1) is 0 Å². The molecule has 0 fully saturated rings. The van der Waals surface area contributed by atoms with Crippen LogP contribution in [-0.4, -0.2) is 21.1 Å². The van der Waals surface area contributed by atoms with Crippen LogP contribution in [0, 0.1) is 20.2 Å². The van der Waals surface area contributed by atoms with Gasteiger partial charge >= 0.3 is 6.98 Å². The molecule has 302 valence electrons. The van der Waals surface area contributed by atoms with Crippen LogP contribution in [0.5, 0.6) is 11.5 Å². The number of rotatable bonds is 6. The summed E-state index contributed by atoms with van der Waals surface area (Å²) < 4.78 is 13.5. The highest BCUT2D eigenvalue weighted by Gasteiger charge is 2.49. The Kier molecular flexibility index (Phi) is 7.99. The Morgan fingerprint density at radius 2 is 1.20 bits per heavy atom. The van der Waals surface area contributed by atoms with Crippen LogP contribution >= 0.6 is 0 Å². The Morgan fingerprint density at radius 1 is 0.531 bits per heavy atom. The minimum Gasteiger partial charge on any atom is -0.458 e. The normalized spacial score (nSPS) is 12.8. The molecule has 2 aliphatic rings.